The highest BCUT2D eigenvalue weighted by molar-refractivity contribution is 9.10. The van der Waals surface area contributed by atoms with E-state index in [4.69, 9.17) is 5.73 Å². The molecule has 3 nitrogen and oxygen atoms in total. The predicted octanol–water partition coefficient (Wildman–Crippen LogP) is 2.87. The number of benzene rings is 1. The highest BCUT2D eigenvalue weighted by atomic mass is 79.9. The van der Waals surface area contributed by atoms with Gasteiger partial charge in [-0.25, -0.2) is 0 Å². The lowest BCUT2D eigenvalue weighted by atomic mass is 10.0. The van der Waals surface area contributed by atoms with Crippen molar-refractivity contribution in [2.75, 3.05) is 32.7 Å². The Morgan fingerprint density at radius 3 is 2.15 bits per heavy atom. The van der Waals surface area contributed by atoms with Crippen LogP contribution in [0.25, 0.3) is 0 Å². The minimum Gasteiger partial charge on any atom is -0.329 e. The van der Waals surface area contributed by atoms with Crippen molar-refractivity contribution in [3.8, 4) is 0 Å². The number of nitrogens with two attached hydrogens (primary N) is 1. The van der Waals surface area contributed by atoms with Gasteiger partial charge >= 0.3 is 0 Å². The lowest BCUT2D eigenvalue weighted by Gasteiger charge is -2.41. The molecule has 4 heteroatoms. The van der Waals surface area contributed by atoms with E-state index in [1.54, 1.807) is 0 Å². The number of piperazine rings is 1. The molecular formula is C16H26BrN3. The zero-order valence-corrected chi connectivity index (χ0v) is 14.1. The molecule has 1 aromatic rings. The number of rotatable bonds is 5. The van der Waals surface area contributed by atoms with Gasteiger partial charge in [-0.05, 0) is 31.0 Å². The summed E-state index contributed by atoms with van der Waals surface area (Å²) in [5.41, 5.74) is 7.35. The molecule has 0 amide bonds. The van der Waals surface area contributed by atoms with Crippen LogP contribution in [-0.2, 0) is 0 Å². The molecule has 20 heavy (non-hydrogen) atoms. The van der Waals surface area contributed by atoms with Gasteiger partial charge in [-0.2, -0.15) is 0 Å². The Balaban J connectivity index is 1.98. The van der Waals surface area contributed by atoms with Crippen LogP contribution in [0, 0.1) is 0 Å². The normalized spacial score (nSPS) is 20.8. The van der Waals surface area contributed by atoms with E-state index >= 15 is 0 Å². The van der Waals surface area contributed by atoms with Crippen LogP contribution in [0.1, 0.15) is 31.9 Å². The molecule has 2 unspecified atom stereocenters. The number of hydrogen-bond acceptors (Lipinski definition) is 3. The fourth-order valence-electron chi connectivity index (χ4n) is 2.93. The third-order valence-electron chi connectivity index (χ3n) is 4.48. The van der Waals surface area contributed by atoms with Crippen LogP contribution in [-0.4, -0.2) is 48.6 Å². The van der Waals surface area contributed by atoms with Crippen molar-refractivity contribution in [3.63, 3.8) is 0 Å². The van der Waals surface area contributed by atoms with E-state index in [2.05, 4.69) is 63.8 Å². The Morgan fingerprint density at radius 2 is 1.65 bits per heavy atom. The quantitative estimate of drug-likeness (QED) is 0.895. The maximum absolute atomic E-state index is 6.03. The lowest BCUT2D eigenvalue weighted by molar-refractivity contribution is 0.0743. The standard InChI is InChI=1S/C16H26BrN3/c1-3-13(2)19-8-10-20(11-9-19)16(12-18)14-4-6-15(17)7-5-14/h4-7,13,16H,3,8-12,18H2,1-2H3. The smallest absolute Gasteiger partial charge is 0.0471 e. The van der Waals surface area contributed by atoms with E-state index in [9.17, 15) is 0 Å². The summed E-state index contributed by atoms with van der Waals surface area (Å²) in [5.74, 6) is 0. The van der Waals surface area contributed by atoms with E-state index in [0.29, 0.717) is 18.6 Å². The molecule has 0 spiro atoms. The van der Waals surface area contributed by atoms with Crippen molar-refractivity contribution in [1.29, 1.82) is 0 Å². The number of halogens is 1. The summed E-state index contributed by atoms with van der Waals surface area (Å²) < 4.78 is 1.12. The molecule has 0 aromatic heterocycles. The van der Waals surface area contributed by atoms with E-state index in [1.807, 2.05) is 0 Å². The molecule has 1 heterocycles. The molecule has 1 fully saturated rings. The van der Waals surface area contributed by atoms with Crippen LogP contribution >= 0.6 is 15.9 Å². The van der Waals surface area contributed by atoms with Gasteiger partial charge in [0.05, 0.1) is 0 Å². The minimum atomic E-state index is 0.349. The van der Waals surface area contributed by atoms with Crippen LogP contribution in [0.15, 0.2) is 28.7 Å². The van der Waals surface area contributed by atoms with Gasteiger partial charge in [0.25, 0.3) is 0 Å². The van der Waals surface area contributed by atoms with Crippen molar-refractivity contribution >= 4 is 15.9 Å². The second-order valence-electron chi connectivity index (χ2n) is 5.63. The Morgan fingerprint density at radius 1 is 1.10 bits per heavy atom. The summed E-state index contributed by atoms with van der Waals surface area (Å²) >= 11 is 3.49. The van der Waals surface area contributed by atoms with E-state index in [0.717, 1.165) is 30.7 Å². The molecule has 112 valence electrons. The first-order valence-corrected chi connectivity index (χ1v) is 8.38. The van der Waals surface area contributed by atoms with E-state index < -0.39 is 0 Å². The zero-order valence-electron chi connectivity index (χ0n) is 12.6. The summed E-state index contributed by atoms with van der Waals surface area (Å²) in [6.45, 7) is 9.81. The molecular weight excluding hydrogens is 314 g/mol. The maximum Gasteiger partial charge on any atom is 0.0471 e. The van der Waals surface area contributed by atoms with Crippen LogP contribution in [0.4, 0.5) is 0 Å². The van der Waals surface area contributed by atoms with Crippen LogP contribution in [0.5, 0.6) is 0 Å². The summed E-state index contributed by atoms with van der Waals surface area (Å²) in [7, 11) is 0. The Labute approximate surface area is 131 Å². The van der Waals surface area contributed by atoms with Crippen molar-refractivity contribution in [2.45, 2.75) is 32.4 Å². The lowest BCUT2D eigenvalue weighted by Crippen LogP contribution is -2.51. The highest BCUT2D eigenvalue weighted by Crippen LogP contribution is 2.23. The van der Waals surface area contributed by atoms with Gasteiger partial charge in [0.1, 0.15) is 0 Å². The van der Waals surface area contributed by atoms with Gasteiger partial charge in [-0.1, -0.05) is 35.0 Å². The fraction of sp³-hybridized carbons (Fsp3) is 0.625. The molecule has 0 radical (unpaired) electrons. The van der Waals surface area contributed by atoms with Gasteiger partial charge in [-0.3, -0.25) is 9.80 Å². The van der Waals surface area contributed by atoms with Crippen LogP contribution in [0.2, 0.25) is 0 Å². The summed E-state index contributed by atoms with van der Waals surface area (Å²) in [6.07, 6.45) is 1.23. The number of hydrogen-bond donors (Lipinski definition) is 1. The second-order valence-corrected chi connectivity index (χ2v) is 6.55. The summed E-state index contributed by atoms with van der Waals surface area (Å²) in [4.78, 5) is 5.12. The molecule has 1 aliphatic rings. The molecule has 2 rings (SSSR count). The third kappa shape index (κ3) is 3.82. The predicted molar refractivity (Wildman–Crippen MR) is 88.8 cm³/mol. The fourth-order valence-corrected chi connectivity index (χ4v) is 3.19. The minimum absolute atomic E-state index is 0.349. The third-order valence-corrected chi connectivity index (χ3v) is 5.01. The maximum atomic E-state index is 6.03. The largest absolute Gasteiger partial charge is 0.329 e. The average molecular weight is 340 g/mol. The van der Waals surface area contributed by atoms with E-state index in [-0.39, 0.29) is 0 Å². The molecule has 1 aliphatic heterocycles. The van der Waals surface area contributed by atoms with Gasteiger partial charge in [0.2, 0.25) is 0 Å². The molecule has 2 atom stereocenters. The first-order chi connectivity index (χ1) is 9.65. The Kier molecular flexibility index (Phi) is 6.02. The second kappa shape index (κ2) is 7.55. The van der Waals surface area contributed by atoms with Gasteiger partial charge in [-0.15, -0.1) is 0 Å². The first kappa shape index (κ1) is 16.0. The van der Waals surface area contributed by atoms with Gasteiger partial charge in [0, 0.05) is 49.3 Å². The molecule has 0 aliphatic carbocycles. The number of nitrogens with zero attached hydrogens (tertiary/aromatic N) is 2. The molecule has 1 aromatic carbocycles. The topological polar surface area (TPSA) is 32.5 Å². The van der Waals surface area contributed by atoms with Gasteiger partial charge < -0.3 is 5.73 Å². The Bertz CT molecular complexity index is 399. The van der Waals surface area contributed by atoms with Crippen LogP contribution < -0.4 is 5.73 Å². The van der Waals surface area contributed by atoms with Crippen LogP contribution in [0.3, 0.4) is 0 Å². The molecule has 1 saturated heterocycles. The summed E-state index contributed by atoms with van der Waals surface area (Å²) in [5, 5.41) is 0. The SMILES string of the molecule is CCC(C)N1CCN(C(CN)c2ccc(Br)cc2)CC1. The van der Waals surface area contributed by atoms with Crippen molar-refractivity contribution < 1.29 is 0 Å². The Hall–Kier alpha value is -0.420. The van der Waals surface area contributed by atoms with Crippen molar-refractivity contribution in [2.24, 2.45) is 5.73 Å². The van der Waals surface area contributed by atoms with E-state index in [1.165, 1.54) is 12.0 Å². The van der Waals surface area contributed by atoms with Crippen molar-refractivity contribution in [1.82, 2.24) is 9.80 Å². The van der Waals surface area contributed by atoms with Gasteiger partial charge in [0.15, 0.2) is 0 Å². The zero-order chi connectivity index (χ0) is 14.5. The molecule has 2 N–H and O–H groups in total. The monoisotopic (exact) mass is 339 g/mol. The van der Waals surface area contributed by atoms with Crippen molar-refractivity contribution in [3.05, 3.63) is 34.3 Å². The summed E-state index contributed by atoms with van der Waals surface area (Å²) in [6, 6.07) is 9.62. The highest BCUT2D eigenvalue weighted by Gasteiger charge is 2.25. The average Bonchev–Trinajstić information content (AvgIpc) is 2.50. The molecule has 0 saturated carbocycles. The first-order valence-electron chi connectivity index (χ1n) is 7.59. The molecule has 0 bridgehead atoms.